The number of hydrogen-bond acceptors (Lipinski definition) is 6. The average molecular weight is 358 g/mol. The molecule has 0 saturated heterocycles. The summed E-state index contributed by atoms with van der Waals surface area (Å²) in [6, 6.07) is 6.98. The molecular weight excluding hydrogens is 336 g/mol. The van der Waals surface area contributed by atoms with Gasteiger partial charge in [-0.05, 0) is 25.0 Å². The minimum Gasteiger partial charge on any atom is -0.360 e. The molecule has 1 aliphatic rings. The highest BCUT2D eigenvalue weighted by molar-refractivity contribution is 7.09. The molecule has 0 fully saturated rings. The number of nitrogens with zero attached hydrogens (tertiary/aromatic N) is 3. The van der Waals surface area contributed by atoms with Crippen LogP contribution in [0.2, 0.25) is 0 Å². The molecule has 0 radical (unpaired) electrons. The number of aromatic nitrogens is 2. The third-order valence-corrected chi connectivity index (χ3v) is 4.73. The molecule has 0 atom stereocenters. The third kappa shape index (κ3) is 3.71. The van der Waals surface area contributed by atoms with Gasteiger partial charge in [-0.15, -0.1) is 0 Å². The molecule has 0 saturated carbocycles. The van der Waals surface area contributed by atoms with E-state index in [4.69, 9.17) is 0 Å². The number of unbranched alkanes of at least 4 members (excludes halogenated alkanes) is 1. The van der Waals surface area contributed by atoms with E-state index in [2.05, 4.69) is 35.4 Å². The van der Waals surface area contributed by atoms with Crippen molar-refractivity contribution in [2.24, 2.45) is 0 Å². The van der Waals surface area contributed by atoms with E-state index >= 15 is 0 Å². The Hall–Kier alpha value is -2.28. The fourth-order valence-electron chi connectivity index (χ4n) is 2.63. The van der Waals surface area contributed by atoms with Gasteiger partial charge in [-0.1, -0.05) is 32.9 Å². The Labute approximate surface area is 151 Å². The summed E-state index contributed by atoms with van der Waals surface area (Å²) in [6.07, 6.45) is 1.60. The van der Waals surface area contributed by atoms with Crippen LogP contribution < -0.4 is 5.32 Å². The zero-order valence-corrected chi connectivity index (χ0v) is 15.5. The molecule has 0 spiro atoms. The van der Waals surface area contributed by atoms with E-state index in [1.54, 1.807) is 24.3 Å². The fourth-order valence-corrected chi connectivity index (χ4v) is 3.41. The summed E-state index contributed by atoms with van der Waals surface area (Å²) in [5, 5.41) is 4.07. The predicted molar refractivity (Wildman–Crippen MR) is 98.1 cm³/mol. The quantitative estimate of drug-likeness (QED) is 0.633. The standard InChI is InChI=1S/C18H22N4O2S/c1-18(2,3)16-20-17(25-21-16)19-10-6-7-11-22-14(23)12-8-4-5-9-13(12)15(22)24/h4-5,8-9H,6-7,10-11H2,1-3H3,(H,19,20,21). The molecule has 1 N–H and O–H groups in total. The summed E-state index contributed by atoms with van der Waals surface area (Å²) in [6.45, 7) is 7.43. The minimum absolute atomic E-state index is 0.0537. The number of hydrogen-bond donors (Lipinski definition) is 1. The number of imide groups is 1. The monoisotopic (exact) mass is 358 g/mol. The maximum absolute atomic E-state index is 12.3. The van der Waals surface area contributed by atoms with Gasteiger partial charge in [-0.3, -0.25) is 14.5 Å². The molecule has 132 valence electrons. The van der Waals surface area contributed by atoms with Gasteiger partial charge < -0.3 is 5.32 Å². The van der Waals surface area contributed by atoms with Gasteiger partial charge >= 0.3 is 0 Å². The van der Waals surface area contributed by atoms with Crippen LogP contribution in [-0.2, 0) is 5.41 Å². The number of carbonyl (C=O) groups is 2. The SMILES string of the molecule is CC(C)(C)c1nsc(NCCCCN2C(=O)c3ccccc3C2=O)n1. The lowest BCUT2D eigenvalue weighted by Gasteiger charge is -2.13. The maximum atomic E-state index is 12.3. The highest BCUT2D eigenvalue weighted by Crippen LogP contribution is 2.24. The normalized spacial score (nSPS) is 14.1. The van der Waals surface area contributed by atoms with Crippen molar-refractivity contribution in [1.82, 2.24) is 14.3 Å². The van der Waals surface area contributed by atoms with Crippen molar-refractivity contribution in [3.63, 3.8) is 0 Å². The van der Waals surface area contributed by atoms with Crippen molar-refractivity contribution >= 4 is 28.5 Å². The smallest absolute Gasteiger partial charge is 0.261 e. The van der Waals surface area contributed by atoms with Crippen LogP contribution in [0.15, 0.2) is 24.3 Å². The van der Waals surface area contributed by atoms with E-state index in [9.17, 15) is 9.59 Å². The number of amides is 2. The molecule has 0 aliphatic carbocycles. The van der Waals surface area contributed by atoms with Gasteiger partial charge in [0, 0.05) is 30.0 Å². The highest BCUT2D eigenvalue weighted by atomic mass is 32.1. The van der Waals surface area contributed by atoms with Crippen LogP contribution in [0, 0.1) is 0 Å². The van der Waals surface area contributed by atoms with Gasteiger partial charge in [0.05, 0.1) is 11.1 Å². The van der Waals surface area contributed by atoms with Crippen molar-refractivity contribution in [3.8, 4) is 0 Å². The van der Waals surface area contributed by atoms with Gasteiger partial charge in [-0.2, -0.15) is 4.37 Å². The Morgan fingerprint density at radius 1 is 1.08 bits per heavy atom. The number of benzene rings is 1. The topological polar surface area (TPSA) is 75.2 Å². The molecule has 1 aromatic carbocycles. The summed E-state index contributed by atoms with van der Waals surface area (Å²) in [5.74, 6) is 0.464. The van der Waals surface area contributed by atoms with Crippen LogP contribution in [-0.4, -0.2) is 39.2 Å². The first-order valence-electron chi connectivity index (χ1n) is 8.41. The van der Waals surface area contributed by atoms with Crippen molar-refractivity contribution in [2.45, 2.75) is 39.0 Å². The molecule has 7 heteroatoms. The first-order chi connectivity index (χ1) is 11.9. The van der Waals surface area contributed by atoms with Crippen LogP contribution >= 0.6 is 11.5 Å². The molecule has 0 bridgehead atoms. The highest BCUT2D eigenvalue weighted by Gasteiger charge is 2.34. The van der Waals surface area contributed by atoms with Crippen molar-refractivity contribution in [1.29, 1.82) is 0 Å². The molecule has 1 aliphatic heterocycles. The first kappa shape index (κ1) is 17.5. The van der Waals surface area contributed by atoms with Crippen LogP contribution in [0.25, 0.3) is 0 Å². The average Bonchev–Trinajstić information content (AvgIpc) is 3.14. The summed E-state index contributed by atoms with van der Waals surface area (Å²) in [7, 11) is 0. The van der Waals surface area contributed by atoms with Crippen molar-refractivity contribution in [2.75, 3.05) is 18.4 Å². The van der Waals surface area contributed by atoms with E-state index in [1.165, 1.54) is 16.4 Å². The molecule has 1 aromatic heterocycles. The Balaban J connectivity index is 1.45. The van der Waals surface area contributed by atoms with Gasteiger partial charge in [0.2, 0.25) is 5.13 Å². The number of nitrogens with one attached hydrogen (secondary N) is 1. The van der Waals surface area contributed by atoms with Gasteiger partial charge in [0.25, 0.3) is 11.8 Å². The summed E-state index contributed by atoms with van der Waals surface area (Å²) in [5.41, 5.74) is 0.963. The Morgan fingerprint density at radius 2 is 1.72 bits per heavy atom. The zero-order valence-electron chi connectivity index (χ0n) is 14.7. The fraction of sp³-hybridized carbons (Fsp3) is 0.444. The Morgan fingerprint density at radius 3 is 2.28 bits per heavy atom. The first-order valence-corrected chi connectivity index (χ1v) is 9.18. The molecule has 2 heterocycles. The summed E-state index contributed by atoms with van der Waals surface area (Å²) < 4.78 is 4.36. The molecule has 3 rings (SSSR count). The second kappa shape index (κ2) is 6.92. The molecule has 25 heavy (non-hydrogen) atoms. The van der Waals surface area contributed by atoms with E-state index in [-0.39, 0.29) is 17.2 Å². The van der Waals surface area contributed by atoms with Crippen LogP contribution in [0.1, 0.15) is 60.2 Å². The zero-order chi connectivity index (χ0) is 18.0. The number of carbonyl (C=O) groups excluding carboxylic acids is 2. The van der Waals surface area contributed by atoms with Gasteiger partial charge in [0.15, 0.2) is 0 Å². The van der Waals surface area contributed by atoms with E-state index in [0.29, 0.717) is 17.7 Å². The van der Waals surface area contributed by atoms with Crippen molar-refractivity contribution in [3.05, 3.63) is 41.2 Å². The summed E-state index contributed by atoms with van der Waals surface area (Å²) in [4.78, 5) is 30.3. The number of anilines is 1. The van der Waals surface area contributed by atoms with Crippen LogP contribution in [0.5, 0.6) is 0 Å². The molecular formula is C18H22N4O2S. The molecule has 0 unspecified atom stereocenters. The van der Waals surface area contributed by atoms with Gasteiger partial charge in [0.1, 0.15) is 5.82 Å². The van der Waals surface area contributed by atoms with Crippen LogP contribution in [0.4, 0.5) is 5.13 Å². The largest absolute Gasteiger partial charge is 0.360 e. The van der Waals surface area contributed by atoms with E-state index in [0.717, 1.165) is 30.3 Å². The lowest BCUT2D eigenvalue weighted by Crippen LogP contribution is -2.30. The Bertz CT molecular complexity index is 759. The molecule has 6 nitrogen and oxygen atoms in total. The lowest BCUT2D eigenvalue weighted by atomic mass is 9.96. The maximum Gasteiger partial charge on any atom is 0.261 e. The summed E-state index contributed by atoms with van der Waals surface area (Å²) >= 11 is 1.36. The lowest BCUT2D eigenvalue weighted by molar-refractivity contribution is 0.0652. The van der Waals surface area contributed by atoms with E-state index < -0.39 is 0 Å². The number of rotatable bonds is 6. The third-order valence-electron chi connectivity index (χ3n) is 4.06. The second-order valence-corrected chi connectivity index (χ2v) is 7.87. The van der Waals surface area contributed by atoms with Gasteiger partial charge in [-0.25, -0.2) is 4.98 Å². The van der Waals surface area contributed by atoms with Crippen LogP contribution in [0.3, 0.4) is 0 Å². The van der Waals surface area contributed by atoms with E-state index in [1.807, 2.05) is 0 Å². The molecule has 2 aromatic rings. The Kier molecular flexibility index (Phi) is 4.85. The predicted octanol–water partition coefficient (Wildman–Crippen LogP) is 3.32. The number of fused-ring (bicyclic) bond motifs is 1. The molecule has 2 amide bonds. The second-order valence-electron chi connectivity index (χ2n) is 7.11. The van der Waals surface area contributed by atoms with Crippen molar-refractivity contribution < 1.29 is 9.59 Å². The minimum atomic E-state index is -0.187.